The average Bonchev–Trinajstić information content (AvgIpc) is 3.25. The van der Waals surface area contributed by atoms with Gasteiger partial charge in [-0.1, -0.05) is 60.2 Å². The molecule has 0 saturated heterocycles. The number of carbonyl (C=O) groups is 1. The Morgan fingerprint density at radius 2 is 2.24 bits per heavy atom. The van der Waals surface area contributed by atoms with Crippen LogP contribution in [0.1, 0.15) is 25.8 Å². The summed E-state index contributed by atoms with van der Waals surface area (Å²) in [4.78, 5) is 18.2. The van der Waals surface area contributed by atoms with Crippen LogP contribution < -0.4 is 0 Å². The minimum Gasteiger partial charge on any atom is -0.452 e. The lowest BCUT2D eigenvalue weighted by Gasteiger charge is -2.31. The summed E-state index contributed by atoms with van der Waals surface area (Å²) >= 11 is 12.4. The van der Waals surface area contributed by atoms with E-state index in [2.05, 4.69) is 16.7 Å². The minimum absolute atomic E-state index is 0.0283. The molecule has 178 valence electrons. The van der Waals surface area contributed by atoms with E-state index < -0.39 is 17.7 Å². The maximum atomic E-state index is 12.8. The molecule has 1 heterocycles. The molecule has 3 rings (SSSR count). The highest BCUT2D eigenvalue weighted by Crippen LogP contribution is 2.29. The Hall–Kier alpha value is -3.28. The van der Waals surface area contributed by atoms with Crippen LogP contribution in [-0.4, -0.2) is 59.1 Å². The molecular formula is C24H25Cl2N5O3. The molecular weight excluding hydrogens is 477 g/mol. The van der Waals surface area contributed by atoms with Crippen LogP contribution in [0.15, 0.2) is 65.3 Å². The van der Waals surface area contributed by atoms with Crippen LogP contribution in [0.4, 0.5) is 4.79 Å². The first-order valence-corrected chi connectivity index (χ1v) is 11.4. The number of ether oxygens (including phenoxy) is 2. The van der Waals surface area contributed by atoms with Crippen molar-refractivity contribution in [1.29, 1.82) is 5.26 Å². The Morgan fingerprint density at radius 1 is 1.44 bits per heavy atom. The molecule has 0 spiro atoms. The molecule has 0 radical (unpaired) electrons. The van der Waals surface area contributed by atoms with Crippen molar-refractivity contribution in [1.82, 2.24) is 9.91 Å². The molecule has 1 aliphatic heterocycles. The van der Waals surface area contributed by atoms with Gasteiger partial charge in [0, 0.05) is 18.5 Å². The lowest BCUT2D eigenvalue weighted by Crippen LogP contribution is -2.48. The highest BCUT2D eigenvalue weighted by molar-refractivity contribution is 6.42. The molecule has 1 aromatic carbocycles. The second kappa shape index (κ2) is 11.2. The number of aliphatic imine (C=N–C) groups is 1. The van der Waals surface area contributed by atoms with Gasteiger partial charge >= 0.3 is 12.1 Å². The Kier molecular flexibility index (Phi) is 8.37. The first-order chi connectivity index (χ1) is 16.3. The molecule has 1 amide bonds. The number of hydrogen-bond donors (Lipinski definition) is 0. The zero-order chi connectivity index (χ0) is 24.7. The predicted molar refractivity (Wildman–Crippen MR) is 133 cm³/mol. The first-order valence-electron chi connectivity index (χ1n) is 10.7. The fraction of sp³-hybridized carbons (Fsp3) is 0.333. The lowest BCUT2D eigenvalue weighted by molar-refractivity contribution is 0.0898. The molecule has 2 unspecified atom stereocenters. The van der Waals surface area contributed by atoms with E-state index in [0.29, 0.717) is 34.3 Å². The summed E-state index contributed by atoms with van der Waals surface area (Å²) in [6.07, 6.45) is 11.0. The summed E-state index contributed by atoms with van der Waals surface area (Å²) in [7, 11) is 0. The van der Waals surface area contributed by atoms with Gasteiger partial charge in [-0.25, -0.2) is 9.80 Å². The Labute approximate surface area is 209 Å². The highest BCUT2D eigenvalue weighted by Gasteiger charge is 2.39. The minimum atomic E-state index is -0.699. The largest absolute Gasteiger partial charge is 0.452 e. The lowest BCUT2D eigenvalue weighted by atomic mass is 9.98. The topological polar surface area (TPSA) is 90.5 Å². The smallest absolute Gasteiger partial charge is 0.410 e. The monoisotopic (exact) mass is 501 g/mol. The van der Waals surface area contributed by atoms with Crippen molar-refractivity contribution >= 4 is 41.0 Å². The summed E-state index contributed by atoms with van der Waals surface area (Å²) in [5.74, 6) is 0. The van der Waals surface area contributed by atoms with Crippen LogP contribution in [-0.2, 0) is 9.47 Å². The molecule has 1 aliphatic carbocycles. The maximum Gasteiger partial charge on any atom is 0.410 e. The van der Waals surface area contributed by atoms with E-state index in [0.717, 1.165) is 0 Å². The van der Waals surface area contributed by atoms with Crippen molar-refractivity contribution in [3.63, 3.8) is 0 Å². The molecule has 2 aliphatic rings. The van der Waals surface area contributed by atoms with E-state index in [1.807, 2.05) is 38.2 Å². The molecule has 0 aromatic heterocycles. The van der Waals surface area contributed by atoms with Gasteiger partial charge in [0.15, 0.2) is 0 Å². The van der Waals surface area contributed by atoms with Gasteiger partial charge in [0.1, 0.15) is 12.2 Å². The normalized spacial score (nSPS) is 21.6. The van der Waals surface area contributed by atoms with Crippen LogP contribution in [0.3, 0.4) is 0 Å². The van der Waals surface area contributed by atoms with Gasteiger partial charge in [0.2, 0.25) is 6.19 Å². The van der Waals surface area contributed by atoms with Gasteiger partial charge in [-0.15, -0.1) is 4.99 Å². The average molecular weight is 502 g/mol. The fourth-order valence-electron chi connectivity index (χ4n) is 3.62. The standard InChI is InChI=1S/C24H25Cl2N5O3/c1-4-13-33-23(32)30(5-2)20-15-31(29-21(20)17-9-10-18(25)19(26)14-17)22(28-16-27)34-24(3)11-7-6-8-12-24/h4,6-11,14,20H,1,5,12-13,15H2,2-3H3. The molecule has 1 aromatic rings. The van der Waals surface area contributed by atoms with Crippen LogP contribution in [0.25, 0.3) is 0 Å². The SMILES string of the molecule is C=CCOC(=O)N(CC)C1CN(C(=NC#N)OC2(C)C=CC=CC2)N=C1c1ccc(Cl)c(Cl)c1. The van der Waals surface area contributed by atoms with Gasteiger partial charge in [0.25, 0.3) is 0 Å². The molecule has 0 bridgehead atoms. The van der Waals surface area contributed by atoms with Crippen molar-refractivity contribution in [2.24, 2.45) is 10.1 Å². The number of likely N-dealkylation sites (N-methyl/N-ethyl adjacent to an activating group) is 1. The van der Waals surface area contributed by atoms with E-state index >= 15 is 0 Å². The van der Waals surface area contributed by atoms with E-state index in [1.54, 1.807) is 29.3 Å². The fourth-order valence-corrected chi connectivity index (χ4v) is 3.92. The Bertz CT molecular complexity index is 1110. The number of nitrogens with zero attached hydrogens (tertiary/aromatic N) is 5. The molecule has 8 nitrogen and oxygen atoms in total. The zero-order valence-electron chi connectivity index (χ0n) is 18.9. The van der Waals surface area contributed by atoms with Crippen LogP contribution in [0.5, 0.6) is 0 Å². The summed E-state index contributed by atoms with van der Waals surface area (Å²) in [5.41, 5.74) is 0.504. The summed E-state index contributed by atoms with van der Waals surface area (Å²) in [6.45, 7) is 7.94. The Morgan fingerprint density at radius 3 is 2.85 bits per heavy atom. The predicted octanol–water partition coefficient (Wildman–Crippen LogP) is 5.15. The van der Waals surface area contributed by atoms with Gasteiger partial charge in [0.05, 0.1) is 28.3 Å². The number of nitriles is 1. The van der Waals surface area contributed by atoms with E-state index in [9.17, 15) is 10.1 Å². The molecule has 10 heteroatoms. The number of allylic oxidation sites excluding steroid dienone is 2. The third-order valence-electron chi connectivity index (χ3n) is 5.29. The molecule has 0 saturated carbocycles. The third kappa shape index (κ3) is 5.79. The van der Waals surface area contributed by atoms with Crippen molar-refractivity contribution in [2.45, 2.75) is 31.9 Å². The number of rotatable bonds is 6. The van der Waals surface area contributed by atoms with Gasteiger partial charge < -0.3 is 9.47 Å². The quantitative estimate of drug-likeness (QED) is 0.232. The number of carbonyl (C=O) groups excluding carboxylic acids is 1. The summed E-state index contributed by atoms with van der Waals surface area (Å²) in [6, 6.07) is 4.61. The molecule has 2 atom stereocenters. The van der Waals surface area contributed by atoms with Crippen LogP contribution in [0.2, 0.25) is 10.0 Å². The molecule has 34 heavy (non-hydrogen) atoms. The first kappa shape index (κ1) is 25.3. The third-order valence-corrected chi connectivity index (χ3v) is 6.03. The van der Waals surface area contributed by atoms with E-state index in [-0.39, 0.29) is 19.2 Å². The second-order valence-corrected chi connectivity index (χ2v) is 8.58. The summed E-state index contributed by atoms with van der Waals surface area (Å²) < 4.78 is 11.4. The summed E-state index contributed by atoms with van der Waals surface area (Å²) in [5, 5.41) is 16.2. The van der Waals surface area contributed by atoms with E-state index in [1.165, 1.54) is 11.1 Å². The van der Waals surface area contributed by atoms with Gasteiger partial charge in [-0.05, 0) is 32.1 Å². The number of amides is 1. The van der Waals surface area contributed by atoms with Crippen molar-refractivity contribution in [3.05, 3.63) is 70.8 Å². The second-order valence-electron chi connectivity index (χ2n) is 7.76. The number of benzene rings is 1. The number of hydrogen-bond acceptors (Lipinski definition) is 6. The van der Waals surface area contributed by atoms with Crippen molar-refractivity contribution in [2.75, 3.05) is 19.7 Å². The number of halogens is 2. The van der Waals surface area contributed by atoms with Crippen LogP contribution in [0, 0.1) is 11.5 Å². The Balaban J connectivity index is 1.99. The van der Waals surface area contributed by atoms with Gasteiger partial charge in [-0.2, -0.15) is 10.4 Å². The van der Waals surface area contributed by atoms with Crippen molar-refractivity contribution in [3.8, 4) is 6.19 Å². The molecule has 0 N–H and O–H groups in total. The van der Waals surface area contributed by atoms with Gasteiger partial charge in [-0.3, -0.25) is 4.90 Å². The highest BCUT2D eigenvalue weighted by atomic mass is 35.5. The molecule has 0 fully saturated rings. The van der Waals surface area contributed by atoms with Crippen molar-refractivity contribution < 1.29 is 14.3 Å². The zero-order valence-corrected chi connectivity index (χ0v) is 20.5. The van der Waals surface area contributed by atoms with Crippen LogP contribution >= 0.6 is 23.2 Å². The number of hydrazone groups is 1. The van der Waals surface area contributed by atoms with E-state index in [4.69, 9.17) is 32.7 Å². The maximum absolute atomic E-state index is 12.8. The number of amidine groups is 1.